The summed E-state index contributed by atoms with van der Waals surface area (Å²) in [6, 6.07) is 9.50. The molecule has 0 bridgehead atoms. The summed E-state index contributed by atoms with van der Waals surface area (Å²) < 4.78 is 0. The highest BCUT2D eigenvalue weighted by atomic mass is 35.5. The zero-order valence-corrected chi connectivity index (χ0v) is 13.2. The van der Waals surface area contributed by atoms with E-state index in [2.05, 4.69) is 10.2 Å². The van der Waals surface area contributed by atoms with Crippen LogP contribution in [0.4, 0.5) is 0 Å². The van der Waals surface area contributed by atoms with E-state index in [1.165, 1.54) is 0 Å². The normalized spacial score (nSPS) is 21.9. The van der Waals surface area contributed by atoms with Crippen LogP contribution in [0.15, 0.2) is 30.3 Å². The van der Waals surface area contributed by atoms with Gasteiger partial charge in [-0.1, -0.05) is 23.7 Å². The minimum atomic E-state index is -0.0212. The Balaban J connectivity index is 1.78. The summed E-state index contributed by atoms with van der Waals surface area (Å²) in [5.74, 6) is -0.0212. The molecule has 0 unspecified atom stereocenters. The lowest BCUT2D eigenvalue weighted by atomic mass is 9.99. The lowest BCUT2D eigenvalue weighted by Crippen LogP contribution is -2.48. The van der Waals surface area contributed by atoms with Crippen molar-refractivity contribution in [3.8, 4) is 11.3 Å². The number of piperidine rings is 1. The summed E-state index contributed by atoms with van der Waals surface area (Å²) in [7, 11) is 0. The van der Waals surface area contributed by atoms with E-state index >= 15 is 0 Å². The predicted octanol–water partition coefficient (Wildman–Crippen LogP) is 2.68. The fourth-order valence-corrected chi connectivity index (χ4v) is 2.99. The average molecular weight is 319 g/mol. The maximum Gasteiger partial charge on any atom is 0.272 e. The third-order valence-electron chi connectivity index (χ3n) is 4.13. The maximum atomic E-state index is 12.6. The largest absolute Gasteiger partial charge is 0.335 e. The number of likely N-dealkylation sites (tertiary alicyclic amines) is 1. The first-order valence-corrected chi connectivity index (χ1v) is 7.80. The molecule has 22 heavy (non-hydrogen) atoms. The summed E-state index contributed by atoms with van der Waals surface area (Å²) in [6.45, 7) is 2.73. The smallest absolute Gasteiger partial charge is 0.272 e. The molecule has 0 spiro atoms. The van der Waals surface area contributed by atoms with Gasteiger partial charge in [0, 0.05) is 29.2 Å². The van der Waals surface area contributed by atoms with Crippen molar-refractivity contribution in [2.45, 2.75) is 31.8 Å². The number of amides is 1. The van der Waals surface area contributed by atoms with Crippen LogP contribution in [0.25, 0.3) is 11.3 Å². The van der Waals surface area contributed by atoms with Crippen molar-refractivity contribution >= 4 is 17.5 Å². The molecule has 1 saturated heterocycles. The predicted molar refractivity (Wildman–Crippen MR) is 86.7 cm³/mol. The van der Waals surface area contributed by atoms with Crippen molar-refractivity contribution in [2.24, 2.45) is 5.73 Å². The number of carbonyl (C=O) groups excluding carboxylic acids is 1. The van der Waals surface area contributed by atoms with Crippen molar-refractivity contribution < 1.29 is 4.79 Å². The molecule has 0 saturated carbocycles. The number of nitrogens with two attached hydrogens (primary N) is 1. The van der Waals surface area contributed by atoms with E-state index in [0.717, 1.165) is 24.1 Å². The summed E-state index contributed by atoms with van der Waals surface area (Å²) in [5, 5.41) is 7.75. The Bertz CT molecular complexity index is 667. The van der Waals surface area contributed by atoms with Crippen molar-refractivity contribution in [2.75, 3.05) is 6.54 Å². The first-order valence-electron chi connectivity index (χ1n) is 7.42. The average Bonchev–Trinajstić information content (AvgIpc) is 2.97. The molecule has 1 amide bonds. The topological polar surface area (TPSA) is 75.0 Å². The van der Waals surface area contributed by atoms with Crippen LogP contribution in [0.5, 0.6) is 0 Å². The summed E-state index contributed by atoms with van der Waals surface area (Å²) in [4.78, 5) is 14.5. The first-order chi connectivity index (χ1) is 10.5. The molecule has 5 nitrogen and oxygen atoms in total. The molecule has 2 atom stereocenters. The van der Waals surface area contributed by atoms with E-state index in [1.54, 1.807) is 18.2 Å². The van der Waals surface area contributed by atoms with Crippen LogP contribution in [0.1, 0.15) is 30.3 Å². The van der Waals surface area contributed by atoms with Gasteiger partial charge in [-0.2, -0.15) is 5.10 Å². The number of halogens is 1. The van der Waals surface area contributed by atoms with Crippen LogP contribution >= 0.6 is 11.6 Å². The number of hydrogen-bond donors (Lipinski definition) is 2. The second-order valence-electron chi connectivity index (χ2n) is 5.81. The van der Waals surface area contributed by atoms with Crippen LogP contribution in [0.3, 0.4) is 0 Å². The minimum absolute atomic E-state index is 0.0212. The van der Waals surface area contributed by atoms with Gasteiger partial charge in [-0.15, -0.1) is 0 Å². The van der Waals surface area contributed by atoms with Gasteiger partial charge in [-0.05, 0) is 38.0 Å². The molecule has 1 aliphatic rings. The zero-order valence-electron chi connectivity index (χ0n) is 12.4. The van der Waals surface area contributed by atoms with E-state index in [9.17, 15) is 4.79 Å². The van der Waals surface area contributed by atoms with Gasteiger partial charge in [0.1, 0.15) is 5.69 Å². The Hall–Kier alpha value is -1.85. The molecule has 116 valence electrons. The highest BCUT2D eigenvalue weighted by molar-refractivity contribution is 6.30. The van der Waals surface area contributed by atoms with Crippen LogP contribution in [-0.4, -0.2) is 39.6 Å². The lowest BCUT2D eigenvalue weighted by Gasteiger charge is -2.36. The number of carbonyl (C=O) groups is 1. The number of nitrogens with one attached hydrogen (secondary N) is 1. The number of nitrogens with zero attached hydrogens (tertiary/aromatic N) is 2. The third kappa shape index (κ3) is 3.00. The zero-order chi connectivity index (χ0) is 15.7. The molecule has 3 rings (SSSR count). The molecule has 3 N–H and O–H groups in total. The second-order valence-corrected chi connectivity index (χ2v) is 6.24. The third-order valence-corrected chi connectivity index (χ3v) is 4.38. The Kier molecular flexibility index (Phi) is 4.18. The number of hydrogen-bond acceptors (Lipinski definition) is 3. The van der Waals surface area contributed by atoms with Gasteiger partial charge in [-0.25, -0.2) is 0 Å². The lowest BCUT2D eigenvalue weighted by molar-refractivity contribution is 0.0613. The molecule has 2 aromatic rings. The molecule has 1 aliphatic heterocycles. The van der Waals surface area contributed by atoms with E-state index in [-0.39, 0.29) is 18.0 Å². The van der Waals surface area contributed by atoms with E-state index in [0.29, 0.717) is 17.3 Å². The summed E-state index contributed by atoms with van der Waals surface area (Å²) >= 11 is 5.88. The molecule has 1 fully saturated rings. The molecular weight excluding hydrogens is 300 g/mol. The molecule has 6 heteroatoms. The Morgan fingerprint density at radius 3 is 2.82 bits per heavy atom. The van der Waals surface area contributed by atoms with E-state index < -0.39 is 0 Å². The molecule has 2 heterocycles. The van der Waals surface area contributed by atoms with Crippen LogP contribution in [-0.2, 0) is 0 Å². The standard InChI is InChI=1S/C16H19ClN4O/c1-10-8-13(18)6-7-21(10)16(22)15-9-14(19-20-15)11-2-4-12(17)5-3-11/h2-5,9-10,13H,6-8,18H2,1H3,(H,19,20)/t10-,13+/m0/s1. The van der Waals surface area contributed by atoms with E-state index in [4.69, 9.17) is 17.3 Å². The van der Waals surface area contributed by atoms with Gasteiger partial charge in [0.15, 0.2) is 0 Å². The molecule has 1 aromatic carbocycles. The number of rotatable bonds is 2. The quantitative estimate of drug-likeness (QED) is 0.894. The Labute approximate surface area is 134 Å². The molecular formula is C16H19ClN4O. The van der Waals surface area contributed by atoms with Crippen molar-refractivity contribution in [1.82, 2.24) is 15.1 Å². The van der Waals surface area contributed by atoms with Gasteiger partial charge >= 0.3 is 0 Å². The van der Waals surface area contributed by atoms with Crippen LogP contribution < -0.4 is 5.73 Å². The van der Waals surface area contributed by atoms with Crippen molar-refractivity contribution in [3.63, 3.8) is 0 Å². The van der Waals surface area contributed by atoms with Gasteiger partial charge in [-0.3, -0.25) is 9.89 Å². The fourth-order valence-electron chi connectivity index (χ4n) is 2.86. The van der Waals surface area contributed by atoms with Crippen molar-refractivity contribution in [1.29, 1.82) is 0 Å². The summed E-state index contributed by atoms with van der Waals surface area (Å²) in [6.07, 6.45) is 1.68. The Morgan fingerprint density at radius 1 is 1.41 bits per heavy atom. The second kappa shape index (κ2) is 6.10. The van der Waals surface area contributed by atoms with Gasteiger partial charge in [0.2, 0.25) is 0 Å². The summed E-state index contributed by atoms with van der Waals surface area (Å²) in [5.41, 5.74) is 8.12. The minimum Gasteiger partial charge on any atom is -0.335 e. The van der Waals surface area contributed by atoms with Gasteiger partial charge in [0.25, 0.3) is 5.91 Å². The molecule has 0 radical (unpaired) electrons. The molecule has 1 aromatic heterocycles. The Morgan fingerprint density at radius 2 is 2.14 bits per heavy atom. The first kappa shape index (κ1) is 15.1. The van der Waals surface area contributed by atoms with Crippen LogP contribution in [0, 0.1) is 0 Å². The maximum absolute atomic E-state index is 12.6. The number of H-pyrrole nitrogens is 1. The SMILES string of the molecule is C[C@H]1C[C@H](N)CCN1C(=O)c1cc(-c2ccc(Cl)cc2)n[nH]1. The van der Waals surface area contributed by atoms with Gasteiger partial charge < -0.3 is 10.6 Å². The monoisotopic (exact) mass is 318 g/mol. The number of aromatic amines is 1. The highest BCUT2D eigenvalue weighted by Gasteiger charge is 2.28. The fraction of sp³-hybridized carbons (Fsp3) is 0.375. The van der Waals surface area contributed by atoms with Crippen molar-refractivity contribution in [3.05, 3.63) is 41.0 Å². The molecule has 0 aliphatic carbocycles. The van der Waals surface area contributed by atoms with Crippen LogP contribution in [0.2, 0.25) is 5.02 Å². The highest BCUT2D eigenvalue weighted by Crippen LogP contribution is 2.22. The van der Waals surface area contributed by atoms with Gasteiger partial charge in [0.05, 0.1) is 5.69 Å². The number of aromatic nitrogens is 2. The number of benzene rings is 1. The van der Waals surface area contributed by atoms with E-state index in [1.807, 2.05) is 24.0 Å².